The number of carbonyl (C=O) groups excluding carboxylic acids is 2. The molecule has 0 heterocycles. The number of fused-ring (bicyclic) bond motifs is 3. The monoisotopic (exact) mass is 349 g/mol. The number of Topliss-reactive ketones (excluding diaryl/α,β-unsaturated/α-hetero) is 1. The third-order valence-electron chi connectivity index (χ3n) is 5.18. The Morgan fingerprint density at radius 1 is 1.04 bits per heavy atom. The highest BCUT2D eigenvalue weighted by Crippen LogP contribution is 2.53. The number of rotatable bonds is 8. The Kier molecular flexibility index (Phi) is 5.31. The minimum absolute atomic E-state index is 0.0534. The number of ketones is 1. The topological polar surface area (TPSA) is 55.7 Å². The lowest BCUT2D eigenvalue weighted by atomic mass is 9.71. The van der Waals surface area contributed by atoms with E-state index in [1.165, 1.54) is 22.3 Å². The van der Waals surface area contributed by atoms with Crippen LogP contribution in [0.4, 0.5) is 0 Å². The fourth-order valence-electron chi connectivity index (χ4n) is 4.30. The van der Waals surface area contributed by atoms with Crippen LogP contribution in [-0.2, 0) is 15.0 Å². The summed E-state index contributed by atoms with van der Waals surface area (Å²) in [6.45, 7) is 4.60. The molecule has 0 atom stereocenters. The highest BCUT2D eigenvalue weighted by molar-refractivity contribution is 6.35. The summed E-state index contributed by atoms with van der Waals surface area (Å²) >= 11 is 0. The van der Waals surface area contributed by atoms with E-state index in [-0.39, 0.29) is 17.7 Å². The number of hydrogen-bond donors (Lipinski definition) is 0. The molecule has 134 valence electrons. The van der Waals surface area contributed by atoms with Crippen LogP contribution >= 0.6 is 0 Å². The zero-order valence-corrected chi connectivity index (χ0v) is 15.2. The molecule has 26 heavy (non-hydrogen) atoms. The lowest BCUT2D eigenvalue weighted by molar-refractivity contribution is -0.128. The molecular weight excluding hydrogens is 326 g/mol. The number of oxime groups is 1. The molecule has 4 nitrogen and oxygen atoms in total. The van der Waals surface area contributed by atoms with Crippen LogP contribution in [0, 0.1) is 0 Å². The van der Waals surface area contributed by atoms with Gasteiger partial charge in [0.15, 0.2) is 0 Å². The molecule has 0 aliphatic heterocycles. The summed E-state index contributed by atoms with van der Waals surface area (Å²) in [4.78, 5) is 26.8. The second-order valence-corrected chi connectivity index (χ2v) is 6.69. The van der Waals surface area contributed by atoms with Crippen molar-refractivity contribution < 1.29 is 14.4 Å². The SMILES string of the molecule is CCCC1(CCC)c2ccccc2-c2ccc(C(=O)/C=N/OC=O)cc21. The molecule has 0 spiro atoms. The van der Waals surface area contributed by atoms with Crippen LogP contribution in [0.15, 0.2) is 47.6 Å². The average molecular weight is 349 g/mol. The molecule has 2 aromatic carbocycles. The Hall–Kier alpha value is -2.75. The maximum absolute atomic E-state index is 12.4. The summed E-state index contributed by atoms with van der Waals surface area (Å²) in [7, 11) is 0. The van der Waals surface area contributed by atoms with Gasteiger partial charge in [-0.05, 0) is 41.2 Å². The summed E-state index contributed by atoms with van der Waals surface area (Å²) in [5.41, 5.74) is 5.56. The van der Waals surface area contributed by atoms with Crippen molar-refractivity contribution in [3.8, 4) is 11.1 Å². The molecule has 0 fully saturated rings. The minimum atomic E-state index is -0.271. The van der Waals surface area contributed by atoms with Crippen LogP contribution in [0.1, 0.15) is 61.0 Å². The van der Waals surface area contributed by atoms with Gasteiger partial charge < -0.3 is 4.84 Å². The van der Waals surface area contributed by atoms with E-state index in [0.717, 1.165) is 31.9 Å². The molecule has 0 radical (unpaired) electrons. The summed E-state index contributed by atoms with van der Waals surface area (Å²) in [6, 6.07) is 14.4. The van der Waals surface area contributed by atoms with Crippen molar-refractivity contribution in [2.24, 2.45) is 5.16 Å². The van der Waals surface area contributed by atoms with Gasteiger partial charge in [0.05, 0.1) is 0 Å². The molecular formula is C22H23NO3. The second-order valence-electron chi connectivity index (χ2n) is 6.69. The molecule has 0 aromatic heterocycles. The molecule has 0 bridgehead atoms. The van der Waals surface area contributed by atoms with Gasteiger partial charge in [0.1, 0.15) is 6.21 Å². The fourth-order valence-corrected chi connectivity index (χ4v) is 4.30. The number of carbonyl (C=O) groups is 2. The van der Waals surface area contributed by atoms with E-state index in [4.69, 9.17) is 0 Å². The standard InChI is InChI=1S/C22H23NO3/c1-3-11-22(12-4-2)19-8-6-5-7-17(19)18-10-9-16(13-20(18)22)21(25)14-23-26-15-24/h5-10,13-15H,3-4,11-12H2,1-2H3/b23-14+. The Labute approximate surface area is 153 Å². The van der Waals surface area contributed by atoms with Crippen molar-refractivity contribution in [3.63, 3.8) is 0 Å². The maximum Gasteiger partial charge on any atom is 0.323 e. The maximum atomic E-state index is 12.4. The Bertz CT molecular complexity index is 848. The molecule has 3 rings (SSSR count). The third kappa shape index (κ3) is 2.96. The van der Waals surface area contributed by atoms with Gasteiger partial charge in [-0.15, -0.1) is 0 Å². The average Bonchev–Trinajstić information content (AvgIpc) is 2.93. The number of nitrogens with zero attached hydrogens (tertiary/aromatic N) is 1. The summed E-state index contributed by atoms with van der Waals surface area (Å²) < 4.78 is 0. The second kappa shape index (κ2) is 7.65. The van der Waals surface area contributed by atoms with Crippen LogP contribution < -0.4 is 0 Å². The van der Waals surface area contributed by atoms with E-state index < -0.39 is 0 Å². The van der Waals surface area contributed by atoms with Crippen molar-refractivity contribution in [2.75, 3.05) is 0 Å². The van der Waals surface area contributed by atoms with Gasteiger partial charge in [-0.25, -0.2) is 0 Å². The van der Waals surface area contributed by atoms with Crippen LogP contribution in [0.5, 0.6) is 0 Å². The van der Waals surface area contributed by atoms with E-state index in [9.17, 15) is 9.59 Å². The first-order valence-electron chi connectivity index (χ1n) is 9.09. The predicted octanol–water partition coefficient (Wildman–Crippen LogP) is 4.89. The molecule has 2 aromatic rings. The normalized spacial score (nSPS) is 14.1. The van der Waals surface area contributed by atoms with Gasteiger partial charge in [-0.1, -0.05) is 68.2 Å². The molecule has 4 heteroatoms. The van der Waals surface area contributed by atoms with Crippen LogP contribution in [0.25, 0.3) is 11.1 Å². The molecule has 0 amide bonds. The lowest BCUT2D eigenvalue weighted by Gasteiger charge is -2.32. The summed E-state index contributed by atoms with van der Waals surface area (Å²) in [6.07, 6.45) is 5.27. The van der Waals surface area contributed by atoms with Crippen molar-refractivity contribution in [3.05, 3.63) is 59.2 Å². The Morgan fingerprint density at radius 3 is 2.42 bits per heavy atom. The quantitative estimate of drug-likeness (QED) is 0.224. The van der Waals surface area contributed by atoms with E-state index in [0.29, 0.717) is 5.56 Å². The zero-order valence-electron chi connectivity index (χ0n) is 15.2. The highest BCUT2D eigenvalue weighted by Gasteiger charge is 2.41. The first-order valence-corrected chi connectivity index (χ1v) is 9.09. The molecule has 1 aliphatic rings. The fraction of sp³-hybridized carbons (Fsp3) is 0.318. The summed E-state index contributed by atoms with van der Waals surface area (Å²) in [5.74, 6) is -0.271. The minimum Gasteiger partial charge on any atom is -0.322 e. The zero-order chi connectivity index (χ0) is 18.6. The molecule has 0 N–H and O–H groups in total. The van der Waals surface area contributed by atoms with Gasteiger partial charge in [-0.3, -0.25) is 9.59 Å². The molecule has 1 aliphatic carbocycles. The lowest BCUT2D eigenvalue weighted by Crippen LogP contribution is -2.25. The largest absolute Gasteiger partial charge is 0.323 e. The van der Waals surface area contributed by atoms with E-state index in [1.54, 1.807) is 0 Å². The number of benzene rings is 2. The first-order chi connectivity index (χ1) is 12.7. The van der Waals surface area contributed by atoms with Gasteiger partial charge in [0.25, 0.3) is 0 Å². The van der Waals surface area contributed by atoms with E-state index in [2.05, 4.69) is 48.1 Å². The van der Waals surface area contributed by atoms with E-state index in [1.807, 2.05) is 18.2 Å². The number of hydrogen-bond acceptors (Lipinski definition) is 4. The molecule has 0 unspecified atom stereocenters. The Balaban J connectivity index is 2.13. The molecule has 0 saturated heterocycles. The van der Waals surface area contributed by atoms with Gasteiger partial charge in [0, 0.05) is 11.0 Å². The molecule has 0 saturated carbocycles. The van der Waals surface area contributed by atoms with E-state index >= 15 is 0 Å². The van der Waals surface area contributed by atoms with Crippen LogP contribution in [0.2, 0.25) is 0 Å². The van der Waals surface area contributed by atoms with Crippen molar-refractivity contribution in [2.45, 2.75) is 44.9 Å². The van der Waals surface area contributed by atoms with Crippen molar-refractivity contribution >= 4 is 18.5 Å². The van der Waals surface area contributed by atoms with Gasteiger partial charge >= 0.3 is 6.47 Å². The summed E-state index contributed by atoms with van der Waals surface area (Å²) in [5, 5.41) is 3.37. The van der Waals surface area contributed by atoms with Crippen molar-refractivity contribution in [1.29, 1.82) is 0 Å². The van der Waals surface area contributed by atoms with Gasteiger partial charge in [-0.2, -0.15) is 0 Å². The highest BCUT2D eigenvalue weighted by atomic mass is 16.7. The Morgan fingerprint density at radius 2 is 1.73 bits per heavy atom. The third-order valence-corrected chi connectivity index (χ3v) is 5.18. The van der Waals surface area contributed by atoms with Crippen LogP contribution in [0.3, 0.4) is 0 Å². The van der Waals surface area contributed by atoms with Crippen molar-refractivity contribution in [1.82, 2.24) is 0 Å². The predicted molar refractivity (Wildman–Crippen MR) is 102 cm³/mol. The van der Waals surface area contributed by atoms with Crippen LogP contribution in [-0.4, -0.2) is 18.5 Å². The smallest absolute Gasteiger partial charge is 0.322 e. The van der Waals surface area contributed by atoms with Gasteiger partial charge in [0.2, 0.25) is 5.78 Å². The first kappa shape index (κ1) is 18.1.